The third-order valence-electron chi connectivity index (χ3n) is 5.56. The molecule has 0 spiro atoms. The zero-order valence-electron chi connectivity index (χ0n) is 17.0. The fourth-order valence-electron chi connectivity index (χ4n) is 4.16. The monoisotopic (exact) mass is 412 g/mol. The summed E-state index contributed by atoms with van der Waals surface area (Å²) in [5.41, 5.74) is 3.02. The van der Waals surface area contributed by atoms with Gasteiger partial charge >= 0.3 is 5.69 Å². The lowest BCUT2D eigenvalue weighted by Crippen LogP contribution is -2.30. The molecule has 0 aliphatic rings. The molecule has 0 radical (unpaired) electrons. The Kier molecular flexibility index (Phi) is 4.34. The molecule has 154 valence electrons. The molecule has 31 heavy (non-hydrogen) atoms. The summed E-state index contributed by atoms with van der Waals surface area (Å²) >= 11 is 0. The summed E-state index contributed by atoms with van der Waals surface area (Å²) in [7, 11) is 0. The Labute approximate surface area is 177 Å². The van der Waals surface area contributed by atoms with Gasteiger partial charge in [0.15, 0.2) is 5.60 Å². The third kappa shape index (κ3) is 2.98. The largest absolute Gasteiger partial charge is 0.374 e. The second kappa shape index (κ2) is 7.07. The maximum Gasteiger partial charge on any atom is 0.323 e. The van der Waals surface area contributed by atoms with Crippen LogP contribution in [0.2, 0.25) is 0 Å². The van der Waals surface area contributed by atoms with Crippen LogP contribution in [0, 0.1) is 13.8 Å². The van der Waals surface area contributed by atoms with Gasteiger partial charge in [-0.15, -0.1) is 0 Å². The van der Waals surface area contributed by atoms with Crippen molar-refractivity contribution in [2.45, 2.75) is 19.4 Å². The molecule has 3 N–H and O–H groups in total. The van der Waals surface area contributed by atoms with E-state index in [2.05, 4.69) is 20.1 Å². The van der Waals surface area contributed by atoms with E-state index in [0.29, 0.717) is 33.6 Å². The number of aromatic nitrogens is 4. The van der Waals surface area contributed by atoms with Crippen molar-refractivity contribution in [2.75, 3.05) is 0 Å². The molecule has 7 heteroatoms. The average Bonchev–Trinajstić information content (AvgIpc) is 3.34. The Balaban J connectivity index is 1.90. The van der Waals surface area contributed by atoms with Crippen LogP contribution in [0.5, 0.6) is 0 Å². The fraction of sp³-hybridized carbons (Fsp3) is 0.125. The van der Waals surface area contributed by atoms with Crippen LogP contribution < -0.4 is 5.69 Å². The predicted octanol–water partition coefficient (Wildman–Crippen LogP) is 3.81. The molecular formula is C24H20N4O3. The zero-order chi connectivity index (χ0) is 21.6. The van der Waals surface area contributed by atoms with Crippen molar-refractivity contribution >= 4 is 11.0 Å². The highest BCUT2D eigenvalue weighted by Crippen LogP contribution is 2.41. The number of aliphatic hydroxyl groups is 1. The molecule has 0 bridgehead atoms. The Morgan fingerprint density at radius 1 is 1.00 bits per heavy atom. The first kappa shape index (κ1) is 19.0. The summed E-state index contributed by atoms with van der Waals surface area (Å²) in [6, 6.07) is 18.4. The second-order valence-electron chi connectivity index (χ2n) is 7.52. The van der Waals surface area contributed by atoms with E-state index in [1.165, 1.54) is 0 Å². The van der Waals surface area contributed by atoms with Gasteiger partial charge in [-0.1, -0.05) is 41.6 Å². The zero-order valence-corrected chi connectivity index (χ0v) is 17.0. The fourth-order valence-corrected chi connectivity index (χ4v) is 4.16. The number of fused-ring (bicyclic) bond motifs is 1. The van der Waals surface area contributed by atoms with Crippen LogP contribution in [0.1, 0.15) is 28.3 Å². The highest BCUT2D eigenvalue weighted by Gasteiger charge is 2.38. The van der Waals surface area contributed by atoms with E-state index in [9.17, 15) is 9.90 Å². The Morgan fingerprint density at radius 2 is 1.77 bits per heavy atom. The molecule has 5 aromatic rings. The van der Waals surface area contributed by atoms with Crippen molar-refractivity contribution in [2.24, 2.45) is 0 Å². The van der Waals surface area contributed by atoms with Gasteiger partial charge in [-0.2, -0.15) is 0 Å². The minimum atomic E-state index is -1.61. The number of hydrogen-bond donors (Lipinski definition) is 3. The van der Waals surface area contributed by atoms with Gasteiger partial charge in [0.1, 0.15) is 5.76 Å². The molecule has 3 aromatic heterocycles. The normalized spacial score (nSPS) is 13.4. The quantitative estimate of drug-likeness (QED) is 0.416. The summed E-state index contributed by atoms with van der Waals surface area (Å²) in [4.78, 5) is 22.4. The number of H-pyrrole nitrogens is 2. The van der Waals surface area contributed by atoms with Crippen molar-refractivity contribution in [1.82, 2.24) is 20.1 Å². The van der Waals surface area contributed by atoms with Crippen LogP contribution >= 0.6 is 0 Å². The lowest BCUT2D eigenvalue weighted by molar-refractivity contribution is 0.122. The molecule has 0 saturated carbocycles. The molecule has 0 amide bonds. The lowest BCUT2D eigenvalue weighted by Gasteiger charge is -2.29. The van der Waals surface area contributed by atoms with E-state index >= 15 is 0 Å². The minimum Gasteiger partial charge on any atom is -0.374 e. The van der Waals surface area contributed by atoms with Gasteiger partial charge < -0.3 is 19.6 Å². The van der Waals surface area contributed by atoms with Crippen LogP contribution in [-0.4, -0.2) is 25.2 Å². The highest BCUT2D eigenvalue weighted by atomic mass is 16.5. The van der Waals surface area contributed by atoms with Crippen molar-refractivity contribution in [3.05, 3.63) is 106 Å². The number of hydrogen-bond acceptors (Lipinski definition) is 5. The lowest BCUT2D eigenvalue weighted by atomic mass is 9.81. The first-order chi connectivity index (χ1) is 15.0. The second-order valence-corrected chi connectivity index (χ2v) is 7.52. The first-order valence-electron chi connectivity index (χ1n) is 9.87. The topological polar surface area (TPSA) is 108 Å². The van der Waals surface area contributed by atoms with Gasteiger partial charge in [0.25, 0.3) is 0 Å². The number of rotatable bonds is 4. The number of benzene rings is 2. The van der Waals surface area contributed by atoms with Gasteiger partial charge in [0, 0.05) is 17.3 Å². The molecule has 5 rings (SSSR count). The standard InChI is InChI=1S/C24H20N4O3/c1-14-21(15(2)31-28-14)16-12-18(22-19(13-16)26-23(29)27-22)24(30,17-8-4-3-5-9-17)20-10-6-7-11-25-20/h3-13,30H,1-2H3,(H2,26,27,29). The van der Waals surface area contributed by atoms with Gasteiger partial charge in [0.05, 0.1) is 22.4 Å². The molecule has 2 aromatic carbocycles. The van der Waals surface area contributed by atoms with Crippen LogP contribution in [0.4, 0.5) is 0 Å². The number of nitrogens with zero attached hydrogens (tertiary/aromatic N) is 2. The summed E-state index contributed by atoms with van der Waals surface area (Å²) in [5, 5.41) is 16.3. The SMILES string of the molecule is Cc1noc(C)c1-c1cc(C(O)(c2ccccc2)c2ccccn2)c2[nH]c(=O)[nH]c2c1. The van der Waals surface area contributed by atoms with Crippen molar-refractivity contribution < 1.29 is 9.63 Å². The van der Waals surface area contributed by atoms with E-state index in [-0.39, 0.29) is 5.69 Å². The van der Waals surface area contributed by atoms with E-state index in [1.54, 1.807) is 18.3 Å². The molecule has 1 unspecified atom stereocenters. The van der Waals surface area contributed by atoms with Gasteiger partial charge in [-0.05, 0) is 49.2 Å². The van der Waals surface area contributed by atoms with Crippen LogP contribution in [0.3, 0.4) is 0 Å². The van der Waals surface area contributed by atoms with E-state index in [4.69, 9.17) is 4.52 Å². The smallest absolute Gasteiger partial charge is 0.323 e. The van der Waals surface area contributed by atoms with Crippen molar-refractivity contribution in [3.8, 4) is 11.1 Å². The number of pyridine rings is 1. The predicted molar refractivity (Wildman–Crippen MR) is 117 cm³/mol. The number of imidazole rings is 1. The third-order valence-corrected chi connectivity index (χ3v) is 5.56. The van der Waals surface area contributed by atoms with E-state index in [0.717, 1.165) is 16.8 Å². The summed E-state index contributed by atoms with van der Waals surface area (Å²) in [6.45, 7) is 3.69. The van der Waals surface area contributed by atoms with Crippen molar-refractivity contribution in [1.29, 1.82) is 0 Å². The molecule has 0 fully saturated rings. The molecule has 0 aliphatic carbocycles. The van der Waals surface area contributed by atoms with E-state index in [1.807, 2.05) is 62.4 Å². The molecule has 7 nitrogen and oxygen atoms in total. The van der Waals surface area contributed by atoms with Gasteiger partial charge in [-0.3, -0.25) is 4.98 Å². The van der Waals surface area contributed by atoms with Crippen LogP contribution in [-0.2, 0) is 5.60 Å². The van der Waals surface area contributed by atoms with Crippen molar-refractivity contribution in [3.63, 3.8) is 0 Å². The van der Waals surface area contributed by atoms with Gasteiger partial charge in [-0.25, -0.2) is 4.79 Å². The molecular weight excluding hydrogens is 392 g/mol. The Morgan fingerprint density at radius 3 is 2.45 bits per heavy atom. The van der Waals surface area contributed by atoms with E-state index < -0.39 is 5.60 Å². The Hall–Kier alpha value is -3.97. The summed E-state index contributed by atoms with van der Waals surface area (Å²) in [5.74, 6) is 0.654. The Bertz CT molecular complexity index is 1370. The van der Waals surface area contributed by atoms with Crippen LogP contribution in [0.25, 0.3) is 22.2 Å². The maximum atomic E-state index is 12.3. The highest BCUT2D eigenvalue weighted by molar-refractivity contribution is 5.87. The van der Waals surface area contributed by atoms with Crippen LogP contribution in [0.15, 0.2) is 76.2 Å². The maximum absolute atomic E-state index is 12.3. The first-order valence-corrected chi connectivity index (χ1v) is 9.87. The molecule has 0 saturated heterocycles. The summed E-state index contributed by atoms with van der Waals surface area (Å²) < 4.78 is 5.36. The molecule has 3 heterocycles. The number of nitrogens with one attached hydrogen (secondary N) is 2. The molecule has 1 atom stereocenters. The number of aromatic amines is 2. The number of aryl methyl sites for hydroxylation is 2. The summed E-state index contributed by atoms with van der Waals surface area (Å²) in [6.07, 6.45) is 1.64. The average molecular weight is 412 g/mol. The minimum absolute atomic E-state index is 0.358. The van der Waals surface area contributed by atoms with Gasteiger partial charge in [0.2, 0.25) is 0 Å². The molecule has 0 aliphatic heterocycles.